The van der Waals surface area contributed by atoms with Gasteiger partial charge in [0, 0.05) is 13.2 Å². The Labute approximate surface area is 105 Å². The van der Waals surface area contributed by atoms with Crippen LogP contribution in [0.15, 0.2) is 6.20 Å². The fourth-order valence-electron chi connectivity index (χ4n) is 1.47. The zero-order valence-electron chi connectivity index (χ0n) is 9.82. The van der Waals surface area contributed by atoms with E-state index >= 15 is 0 Å². The third-order valence-electron chi connectivity index (χ3n) is 2.46. The van der Waals surface area contributed by atoms with Gasteiger partial charge >= 0.3 is 6.18 Å². The Morgan fingerprint density at radius 3 is 2.74 bits per heavy atom. The quantitative estimate of drug-likeness (QED) is 0.794. The number of aromatic nitrogens is 2. The number of aryl methyl sites for hydroxylation is 1. The largest absolute Gasteiger partial charge is 0.435 e. The molecule has 1 atom stereocenters. The van der Waals surface area contributed by atoms with E-state index < -0.39 is 29.4 Å². The first-order valence-corrected chi connectivity index (χ1v) is 5.32. The molecule has 1 fully saturated rings. The number of ketones is 1. The van der Waals surface area contributed by atoms with Gasteiger partial charge in [-0.05, 0) is 0 Å². The molecule has 1 saturated heterocycles. The average Bonchev–Trinajstić information content (AvgIpc) is 3.07. The molecule has 1 aromatic heterocycles. The van der Waals surface area contributed by atoms with Gasteiger partial charge in [-0.15, -0.1) is 0 Å². The normalized spacial score (nSPS) is 18.2. The van der Waals surface area contributed by atoms with E-state index in [0.29, 0.717) is 0 Å². The van der Waals surface area contributed by atoms with Crippen molar-refractivity contribution in [1.82, 2.24) is 15.1 Å². The zero-order chi connectivity index (χ0) is 14.2. The van der Waals surface area contributed by atoms with Gasteiger partial charge in [-0.1, -0.05) is 0 Å². The van der Waals surface area contributed by atoms with E-state index in [1.807, 2.05) is 0 Å². The third kappa shape index (κ3) is 3.11. The van der Waals surface area contributed by atoms with E-state index in [1.54, 1.807) is 0 Å². The topological polar surface area (TPSA) is 76.5 Å². The van der Waals surface area contributed by atoms with Gasteiger partial charge in [0.15, 0.2) is 11.5 Å². The summed E-state index contributed by atoms with van der Waals surface area (Å²) in [4.78, 5) is 22.9. The summed E-state index contributed by atoms with van der Waals surface area (Å²) >= 11 is 0. The summed E-state index contributed by atoms with van der Waals surface area (Å²) in [6, 6.07) is 0. The number of epoxide rings is 1. The molecule has 0 spiro atoms. The molecule has 104 valence electrons. The Morgan fingerprint density at radius 1 is 1.58 bits per heavy atom. The molecule has 6 nitrogen and oxygen atoms in total. The molecule has 1 unspecified atom stereocenters. The smallest absolute Gasteiger partial charge is 0.365 e. The van der Waals surface area contributed by atoms with Crippen LogP contribution in [0.25, 0.3) is 0 Å². The van der Waals surface area contributed by atoms with Crippen LogP contribution >= 0.6 is 0 Å². The van der Waals surface area contributed by atoms with Crippen molar-refractivity contribution >= 4 is 11.7 Å². The number of halogens is 3. The third-order valence-corrected chi connectivity index (χ3v) is 2.46. The van der Waals surface area contributed by atoms with E-state index in [4.69, 9.17) is 4.74 Å². The van der Waals surface area contributed by atoms with Crippen LogP contribution in [0, 0.1) is 0 Å². The van der Waals surface area contributed by atoms with Crippen molar-refractivity contribution in [2.75, 3.05) is 13.2 Å². The number of nitrogens with one attached hydrogen (secondary N) is 1. The number of nitrogens with zero attached hydrogens (tertiary/aromatic N) is 2. The molecule has 1 amide bonds. The molecular formula is C10H10F3N3O3. The Kier molecular flexibility index (Phi) is 3.31. The number of alkyl halides is 3. The Bertz CT molecular complexity index is 520. The summed E-state index contributed by atoms with van der Waals surface area (Å²) in [5, 5.41) is 5.32. The van der Waals surface area contributed by atoms with Crippen molar-refractivity contribution in [3.05, 3.63) is 17.5 Å². The fourth-order valence-corrected chi connectivity index (χ4v) is 1.47. The van der Waals surface area contributed by atoms with Gasteiger partial charge in [0.2, 0.25) is 0 Å². The van der Waals surface area contributed by atoms with Gasteiger partial charge in [-0.2, -0.15) is 18.3 Å². The second-order valence-electron chi connectivity index (χ2n) is 4.03. The molecule has 1 aliphatic rings. The van der Waals surface area contributed by atoms with Gasteiger partial charge in [-0.3, -0.25) is 14.3 Å². The molecule has 9 heteroatoms. The van der Waals surface area contributed by atoms with E-state index in [1.165, 1.54) is 7.05 Å². The predicted molar refractivity (Wildman–Crippen MR) is 55.3 cm³/mol. The number of carbonyl (C=O) groups is 2. The molecule has 0 aliphatic carbocycles. The Morgan fingerprint density at radius 2 is 2.21 bits per heavy atom. The molecule has 19 heavy (non-hydrogen) atoms. The Hall–Kier alpha value is -1.90. The molecule has 1 N–H and O–H groups in total. The lowest BCUT2D eigenvalue weighted by Gasteiger charge is -2.06. The van der Waals surface area contributed by atoms with Gasteiger partial charge in [0.25, 0.3) is 5.91 Å². The maximum Gasteiger partial charge on any atom is 0.435 e. The Balaban J connectivity index is 2.07. The first kappa shape index (κ1) is 13.5. The zero-order valence-corrected chi connectivity index (χ0v) is 9.82. The molecule has 2 rings (SSSR count). The van der Waals surface area contributed by atoms with Crippen molar-refractivity contribution in [2.45, 2.75) is 12.3 Å². The highest BCUT2D eigenvalue weighted by Crippen LogP contribution is 2.30. The van der Waals surface area contributed by atoms with E-state index in [2.05, 4.69) is 10.4 Å². The summed E-state index contributed by atoms with van der Waals surface area (Å²) in [6.45, 7) is -0.0783. The summed E-state index contributed by atoms with van der Waals surface area (Å²) in [5.74, 6) is -1.36. The number of hydrogen-bond donors (Lipinski definition) is 1. The molecule has 2 heterocycles. The van der Waals surface area contributed by atoms with Crippen LogP contribution in [0.5, 0.6) is 0 Å². The van der Waals surface area contributed by atoms with Crippen LogP contribution in [0.4, 0.5) is 13.2 Å². The molecule has 1 aliphatic heterocycles. The second kappa shape index (κ2) is 4.65. The number of rotatable bonds is 4. The fraction of sp³-hybridized carbons (Fsp3) is 0.500. The molecule has 0 saturated carbocycles. The number of hydrogen-bond acceptors (Lipinski definition) is 4. The van der Waals surface area contributed by atoms with Crippen LogP contribution in [-0.2, 0) is 22.8 Å². The van der Waals surface area contributed by atoms with Gasteiger partial charge < -0.3 is 10.1 Å². The number of Topliss-reactive ketones (excluding diaryl/α,β-unsaturated/α-hetero) is 1. The highest BCUT2D eigenvalue weighted by Gasteiger charge is 2.39. The maximum absolute atomic E-state index is 12.6. The first-order chi connectivity index (χ1) is 8.79. The summed E-state index contributed by atoms with van der Waals surface area (Å²) in [6.07, 6.45) is -4.32. The number of carbonyl (C=O) groups excluding carboxylic acids is 2. The minimum absolute atomic E-state index is 0.287. The average molecular weight is 277 g/mol. The molecule has 1 aromatic rings. The molecule has 0 aromatic carbocycles. The van der Waals surface area contributed by atoms with E-state index in [-0.39, 0.29) is 18.9 Å². The predicted octanol–water partition coefficient (Wildman–Crippen LogP) is 0.137. The lowest BCUT2D eigenvalue weighted by atomic mass is 10.2. The SMILES string of the molecule is Cn1cc(C(=O)NCC(=O)C2CO2)c(C(F)(F)F)n1. The number of ether oxygens (including phenoxy) is 1. The highest BCUT2D eigenvalue weighted by atomic mass is 19.4. The second-order valence-corrected chi connectivity index (χ2v) is 4.03. The first-order valence-electron chi connectivity index (χ1n) is 5.32. The molecule has 0 radical (unpaired) electrons. The minimum Gasteiger partial charge on any atom is -0.365 e. The number of amides is 1. The van der Waals surface area contributed by atoms with Gasteiger partial charge in [0.1, 0.15) is 6.10 Å². The van der Waals surface area contributed by atoms with Crippen LogP contribution in [0.2, 0.25) is 0 Å². The molecule has 0 bridgehead atoms. The van der Waals surface area contributed by atoms with Crippen LogP contribution in [-0.4, -0.2) is 40.7 Å². The van der Waals surface area contributed by atoms with Crippen LogP contribution in [0.3, 0.4) is 0 Å². The van der Waals surface area contributed by atoms with Crippen molar-refractivity contribution in [2.24, 2.45) is 7.05 Å². The highest BCUT2D eigenvalue weighted by molar-refractivity contribution is 5.98. The van der Waals surface area contributed by atoms with Crippen molar-refractivity contribution < 1.29 is 27.5 Å². The van der Waals surface area contributed by atoms with Gasteiger partial charge in [0.05, 0.1) is 18.7 Å². The lowest BCUT2D eigenvalue weighted by molar-refractivity contribution is -0.141. The lowest BCUT2D eigenvalue weighted by Crippen LogP contribution is -2.32. The van der Waals surface area contributed by atoms with Crippen molar-refractivity contribution in [1.29, 1.82) is 0 Å². The summed E-state index contributed by atoms with van der Waals surface area (Å²) < 4.78 is 43.4. The summed E-state index contributed by atoms with van der Waals surface area (Å²) in [5.41, 5.74) is -1.89. The molecular weight excluding hydrogens is 267 g/mol. The standard InChI is InChI=1S/C10H10F3N3O3/c1-16-3-5(8(15-16)10(11,12)13)9(18)14-2-6(17)7-4-19-7/h3,7H,2,4H2,1H3,(H,14,18). The minimum atomic E-state index is -4.72. The van der Waals surface area contributed by atoms with E-state index in [9.17, 15) is 22.8 Å². The summed E-state index contributed by atoms with van der Waals surface area (Å²) in [7, 11) is 1.27. The van der Waals surface area contributed by atoms with Crippen LogP contribution in [0.1, 0.15) is 16.1 Å². The maximum atomic E-state index is 12.6. The monoisotopic (exact) mass is 277 g/mol. The van der Waals surface area contributed by atoms with Gasteiger partial charge in [-0.25, -0.2) is 0 Å². The van der Waals surface area contributed by atoms with Crippen LogP contribution < -0.4 is 5.32 Å². The van der Waals surface area contributed by atoms with Crippen molar-refractivity contribution in [3.63, 3.8) is 0 Å². The van der Waals surface area contributed by atoms with Crippen molar-refractivity contribution in [3.8, 4) is 0 Å². The van der Waals surface area contributed by atoms with E-state index in [0.717, 1.165) is 10.9 Å².